The Hall–Kier alpha value is -11.8. The molecule has 115 heavy (non-hydrogen) atoms. The lowest BCUT2D eigenvalue weighted by atomic mass is 9.30. The maximum Gasteiger partial charge on any atom is 0.256 e. The van der Waals surface area contributed by atoms with Crippen molar-refractivity contribution >= 4 is 119 Å². The lowest BCUT2D eigenvalue weighted by Crippen LogP contribution is -2.64. The average Bonchev–Trinajstić information content (AvgIpc) is 1.63. The first-order chi connectivity index (χ1) is 54.8. The first kappa shape index (κ1) is 73.4. The van der Waals surface area contributed by atoms with Crippen LogP contribution < -0.4 is 52.2 Å². The molecule has 0 saturated carbocycles. The van der Waals surface area contributed by atoms with Gasteiger partial charge in [-0.3, -0.25) is 0 Å². The van der Waals surface area contributed by atoms with Gasteiger partial charge in [0.1, 0.15) is 11.5 Å². The number of hydrogen-bond acceptors (Lipinski definition) is 4. The standard InChI is InChI=1S/C108H102B2N4O/c1-103(2,3)71-45-51-77(52-46-71)111-92-66-93-88(110-86-54-48-75(107(13,14)15)61-97(86)115-98-62-76(108(16,17)18)60-94(100(98)110)114(93)102-81(69-37-27-21-28-38-69)43-32-44-82(102)70-39-29-22-30-40-70)65-87(92)109-85-53-47-74(106(10,11)12)59-91(85)113(101-79(67-33-23-19-24-34-67)41-31-42-80(101)68-35-25-20-26-36-68)96-64-78(63-95(111)99(96)109)112-89-55-49-72(104(4,5)6)57-83(89)84-58-73(105(7,8)9)50-56-90(84)112/h19-66H,1-18H3. The van der Waals surface area contributed by atoms with Crippen molar-refractivity contribution < 1.29 is 4.74 Å². The molecular weight excluding hydrogens is 1390 g/mol. The molecule has 5 heterocycles. The number of nitrogens with zero attached hydrogens (tertiary/aromatic N) is 4. The van der Waals surface area contributed by atoms with Crippen molar-refractivity contribution in [1.82, 2.24) is 4.57 Å². The van der Waals surface area contributed by atoms with Crippen LogP contribution in [-0.4, -0.2) is 18.0 Å². The number of benzene rings is 14. The third-order valence-electron chi connectivity index (χ3n) is 25.2. The SMILES string of the molecule is CC(C)(C)c1ccc(N2c3cc4c(cc3B3c5ccc(C(C)(C)C)cc5N(c5c(-c6ccccc6)cccc5-c5ccccc5)c5cc(-n6c7ccc(C(C)(C)C)cc7c7cc(C(C)(C)C)ccc76)cc2c53)B2c3ccc(C(C)(C)C)cc3Oc3cc(C(C)(C)C)cc(c32)N4c2c(-c3ccccc3)cccc2-c2ccccc2)cc1. The number of fused-ring (bicyclic) bond motifs is 11. The number of para-hydroxylation sites is 2. The van der Waals surface area contributed by atoms with Crippen LogP contribution in [0, 0.1) is 0 Å². The van der Waals surface area contributed by atoms with E-state index in [1.807, 2.05) is 0 Å². The maximum absolute atomic E-state index is 7.68. The molecule has 7 heteroatoms. The summed E-state index contributed by atoms with van der Waals surface area (Å²) >= 11 is 0. The van der Waals surface area contributed by atoms with E-state index < -0.39 is 0 Å². The van der Waals surface area contributed by atoms with E-state index in [2.05, 4.69) is 435 Å². The first-order valence-corrected chi connectivity index (χ1v) is 41.4. The van der Waals surface area contributed by atoms with Gasteiger partial charge in [0.2, 0.25) is 0 Å². The fourth-order valence-electron chi connectivity index (χ4n) is 18.8. The summed E-state index contributed by atoms with van der Waals surface area (Å²) in [5.74, 6) is 1.80. The maximum atomic E-state index is 7.68. The minimum atomic E-state index is -0.299. The minimum Gasteiger partial charge on any atom is -0.458 e. The van der Waals surface area contributed by atoms with Crippen LogP contribution in [0.3, 0.4) is 0 Å². The van der Waals surface area contributed by atoms with Crippen molar-refractivity contribution in [3.05, 3.63) is 325 Å². The van der Waals surface area contributed by atoms with E-state index in [1.54, 1.807) is 0 Å². The second-order valence-electron chi connectivity index (χ2n) is 39.0. The third-order valence-corrected chi connectivity index (χ3v) is 25.2. The summed E-state index contributed by atoms with van der Waals surface area (Å²) < 4.78 is 10.3. The van der Waals surface area contributed by atoms with Gasteiger partial charge >= 0.3 is 0 Å². The van der Waals surface area contributed by atoms with Gasteiger partial charge in [-0.1, -0.05) is 337 Å². The summed E-state index contributed by atoms with van der Waals surface area (Å²) in [5.41, 5.74) is 36.5. The largest absolute Gasteiger partial charge is 0.458 e. The van der Waals surface area contributed by atoms with Crippen molar-refractivity contribution in [2.24, 2.45) is 0 Å². The molecule has 0 atom stereocenters. The van der Waals surface area contributed by atoms with Gasteiger partial charge in [-0.25, -0.2) is 0 Å². The van der Waals surface area contributed by atoms with Gasteiger partial charge in [0.15, 0.2) is 0 Å². The van der Waals surface area contributed by atoms with E-state index in [9.17, 15) is 0 Å². The lowest BCUT2D eigenvalue weighted by molar-refractivity contribution is 0.479. The number of aromatic nitrogens is 1. The number of rotatable bonds is 8. The van der Waals surface area contributed by atoms with Crippen LogP contribution >= 0.6 is 0 Å². The zero-order chi connectivity index (χ0) is 79.9. The van der Waals surface area contributed by atoms with Gasteiger partial charge < -0.3 is 24.0 Å². The van der Waals surface area contributed by atoms with E-state index >= 15 is 0 Å². The quantitative estimate of drug-likeness (QED) is 0.142. The molecule has 4 aliphatic heterocycles. The first-order valence-electron chi connectivity index (χ1n) is 41.4. The highest BCUT2D eigenvalue weighted by molar-refractivity contribution is 7.02. The average molecular weight is 1490 g/mol. The summed E-state index contributed by atoms with van der Waals surface area (Å²) in [7, 11) is 0. The second kappa shape index (κ2) is 26.4. The summed E-state index contributed by atoms with van der Waals surface area (Å²) in [5, 5.41) is 2.49. The molecule has 15 aromatic rings. The van der Waals surface area contributed by atoms with Gasteiger partial charge in [-0.2, -0.15) is 0 Å². The fourth-order valence-corrected chi connectivity index (χ4v) is 18.8. The molecule has 0 aliphatic carbocycles. The van der Waals surface area contributed by atoms with E-state index in [0.717, 1.165) is 129 Å². The summed E-state index contributed by atoms with van der Waals surface area (Å²) in [6.07, 6.45) is 0. The van der Waals surface area contributed by atoms with Crippen molar-refractivity contribution in [2.45, 2.75) is 157 Å². The molecule has 0 radical (unpaired) electrons. The monoisotopic (exact) mass is 1490 g/mol. The normalized spacial score (nSPS) is 13.8. The Bertz CT molecular complexity index is 6240. The third kappa shape index (κ3) is 12.2. The molecule has 5 nitrogen and oxygen atoms in total. The smallest absolute Gasteiger partial charge is 0.256 e. The topological polar surface area (TPSA) is 23.9 Å². The Morgan fingerprint density at radius 1 is 0.235 bits per heavy atom. The highest BCUT2D eigenvalue weighted by Crippen LogP contribution is 2.56. The van der Waals surface area contributed by atoms with Crippen molar-refractivity contribution in [3.63, 3.8) is 0 Å². The number of hydrogen-bond donors (Lipinski definition) is 0. The van der Waals surface area contributed by atoms with Crippen molar-refractivity contribution in [2.75, 3.05) is 14.7 Å². The molecule has 19 rings (SSSR count). The lowest BCUT2D eigenvalue weighted by Gasteiger charge is -2.47. The molecule has 1 aromatic heterocycles. The molecule has 14 aromatic carbocycles. The van der Waals surface area contributed by atoms with E-state index in [4.69, 9.17) is 4.74 Å². The van der Waals surface area contributed by atoms with Gasteiger partial charge in [0.05, 0.1) is 28.1 Å². The Morgan fingerprint density at radius 2 is 0.583 bits per heavy atom. The summed E-state index contributed by atoms with van der Waals surface area (Å²) in [4.78, 5) is 8.11. The van der Waals surface area contributed by atoms with Crippen LogP contribution in [-0.2, 0) is 32.5 Å². The molecule has 0 saturated heterocycles. The predicted octanol–water partition coefficient (Wildman–Crippen LogP) is 25.7. The van der Waals surface area contributed by atoms with Crippen LogP contribution in [0.1, 0.15) is 158 Å². The molecular formula is C108H102B2N4O. The van der Waals surface area contributed by atoms with Gasteiger partial charge in [0.25, 0.3) is 13.4 Å². The molecule has 0 fully saturated rings. The number of ether oxygens (including phenoxy) is 1. The summed E-state index contributed by atoms with van der Waals surface area (Å²) in [6.45, 7) is 41.7. The Labute approximate surface area is 682 Å². The van der Waals surface area contributed by atoms with E-state index in [0.29, 0.717) is 0 Å². The molecule has 0 amide bonds. The zero-order valence-corrected chi connectivity index (χ0v) is 70.1. The zero-order valence-electron chi connectivity index (χ0n) is 70.1. The molecule has 0 unspecified atom stereocenters. The highest BCUT2D eigenvalue weighted by Gasteiger charge is 2.50. The van der Waals surface area contributed by atoms with Crippen molar-refractivity contribution in [3.8, 4) is 61.7 Å². The van der Waals surface area contributed by atoms with Crippen molar-refractivity contribution in [1.29, 1.82) is 0 Å². The Kier molecular flexibility index (Phi) is 16.8. The van der Waals surface area contributed by atoms with Gasteiger partial charge in [-0.15, -0.1) is 0 Å². The van der Waals surface area contributed by atoms with Gasteiger partial charge in [0, 0.05) is 72.8 Å². The van der Waals surface area contributed by atoms with E-state index in [-0.39, 0.29) is 45.9 Å². The Balaban J connectivity index is 1.02. The molecule has 0 spiro atoms. The van der Waals surface area contributed by atoms with Gasteiger partial charge in [-0.05, 0) is 200 Å². The van der Waals surface area contributed by atoms with Crippen LogP contribution in [0.2, 0.25) is 0 Å². The predicted molar refractivity (Wildman–Crippen MR) is 495 cm³/mol. The van der Waals surface area contributed by atoms with Crippen LogP contribution in [0.25, 0.3) is 72.0 Å². The molecule has 566 valence electrons. The van der Waals surface area contributed by atoms with E-state index in [1.165, 1.54) is 71.5 Å². The Morgan fingerprint density at radius 3 is 1.03 bits per heavy atom. The molecule has 4 aliphatic rings. The minimum absolute atomic E-state index is 0.0984. The molecule has 0 bridgehead atoms. The molecule has 0 N–H and O–H groups in total. The fraction of sp³-hybridized carbons (Fsp3) is 0.222. The van der Waals surface area contributed by atoms with Crippen LogP contribution in [0.4, 0.5) is 51.2 Å². The summed E-state index contributed by atoms with van der Waals surface area (Å²) in [6, 6.07) is 113. The number of anilines is 9. The second-order valence-corrected chi connectivity index (χ2v) is 39.0. The highest BCUT2D eigenvalue weighted by atomic mass is 16.5. The van der Waals surface area contributed by atoms with Crippen LogP contribution in [0.5, 0.6) is 11.5 Å². The van der Waals surface area contributed by atoms with Crippen LogP contribution in [0.15, 0.2) is 291 Å².